The molecule has 1 unspecified atom stereocenters. The van der Waals surface area contributed by atoms with Crippen molar-refractivity contribution in [2.24, 2.45) is 0 Å². The zero-order chi connectivity index (χ0) is 16.4. The van der Waals surface area contributed by atoms with E-state index in [0.717, 1.165) is 16.5 Å². The van der Waals surface area contributed by atoms with E-state index < -0.39 is 5.60 Å². The molecule has 1 aromatic heterocycles. The van der Waals surface area contributed by atoms with Gasteiger partial charge in [-0.25, -0.2) is 0 Å². The first-order valence-electron chi connectivity index (χ1n) is 7.53. The van der Waals surface area contributed by atoms with E-state index in [0.29, 0.717) is 31.6 Å². The van der Waals surface area contributed by atoms with E-state index in [1.807, 2.05) is 12.1 Å². The van der Waals surface area contributed by atoms with E-state index in [-0.39, 0.29) is 11.8 Å². The summed E-state index contributed by atoms with van der Waals surface area (Å²) in [6.07, 6.45) is 2.24. The Morgan fingerprint density at radius 3 is 3.09 bits per heavy atom. The molecular formula is C16H18BrN3O3. The summed E-state index contributed by atoms with van der Waals surface area (Å²) in [6, 6.07) is 6.07. The van der Waals surface area contributed by atoms with Gasteiger partial charge in [-0.05, 0) is 36.1 Å². The maximum atomic E-state index is 10.9. The molecule has 1 atom stereocenters. The number of carbonyl (C=O) groups excluding carboxylic acids is 1. The Hall–Kier alpha value is -1.73. The highest BCUT2D eigenvalue weighted by Gasteiger charge is 2.39. The van der Waals surface area contributed by atoms with Gasteiger partial charge >= 0.3 is 0 Å². The highest BCUT2D eigenvalue weighted by molar-refractivity contribution is 9.10. The second kappa shape index (κ2) is 6.41. The van der Waals surface area contributed by atoms with Crippen LogP contribution >= 0.6 is 15.9 Å². The third-order valence-corrected chi connectivity index (χ3v) is 4.54. The zero-order valence-corrected chi connectivity index (χ0v) is 14.4. The molecule has 2 N–H and O–H groups in total. The first-order chi connectivity index (χ1) is 11.0. The van der Waals surface area contributed by atoms with Crippen LogP contribution in [0.4, 0.5) is 0 Å². The molecule has 0 aliphatic heterocycles. The minimum absolute atomic E-state index is 0.0950. The Balaban J connectivity index is 1.73. The fraction of sp³-hybridized carbons (Fsp3) is 0.438. The van der Waals surface area contributed by atoms with Crippen molar-refractivity contribution in [2.75, 3.05) is 6.54 Å². The molecule has 3 rings (SSSR count). The molecule has 1 heterocycles. The van der Waals surface area contributed by atoms with Crippen molar-refractivity contribution < 1.29 is 14.4 Å². The van der Waals surface area contributed by atoms with Crippen molar-refractivity contribution in [3.63, 3.8) is 0 Å². The van der Waals surface area contributed by atoms with Gasteiger partial charge in [0.05, 0.1) is 0 Å². The average Bonchev–Trinajstić information content (AvgIpc) is 2.97. The summed E-state index contributed by atoms with van der Waals surface area (Å²) >= 11 is 3.47. The van der Waals surface area contributed by atoms with Gasteiger partial charge in [0, 0.05) is 30.8 Å². The quantitative estimate of drug-likeness (QED) is 0.846. The number of nitrogens with zero attached hydrogens (tertiary/aromatic N) is 2. The molecule has 1 amide bonds. The SMILES string of the molecule is CC(=O)NCCc1noc(C2(O)CCc3cc(Br)ccc3C2)n1. The van der Waals surface area contributed by atoms with Crippen LogP contribution in [0.25, 0.3) is 0 Å². The maximum absolute atomic E-state index is 10.9. The molecule has 0 radical (unpaired) electrons. The molecule has 0 saturated carbocycles. The summed E-state index contributed by atoms with van der Waals surface area (Å²) in [7, 11) is 0. The van der Waals surface area contributed by atoms with E-state index in [1.165, 1.54) is 12.5 Å². The molecule has 0 spiro atoms. The van der Waals surface area contributed by atoms with Crippen molar-refractivity contribution in [1.82, 2.24) is 15.5 Å². The Bertz CT molecular complexity index is 731. The van der Waals surface area contributed by atoms with Crippen LogP contribution in [-0.2, 0) is 29.7 Å². The van der Waals surface area contributed by atoms with E-state index >= 15 is 0 Å². The number of rotatable bonds is 4. The molecule has 122 valence electrons. The number of fused-ring (bicyclic) bond motifs is 1. The number of carbonyl (C=O) groups is 1. The van der Waals surface area contributed by atoms with Gasteiger partial charge in [0.2, 0.25) is 5.91 Å². The number of aliphatic hydroxyl groups is 1. The second-order valence-electron chi connectivity index (χ2n) is 5.87. The Morgan fingerprint density at radius 2 is 2.30 bits per heavy atom. The van der Waals surface area contributed by atoms with Crippen LogP contribution in [-0.4, -0.2) is 27.7 Å². The lowest BCUT2D eigenvalue weighted by molar-refractivity contribution is -0.118. The minimum atomic E-state index is -1.12. The number of amides is 1. The Kier molecular flexibility index (Phi) is 4.50. The first-order valence-corrected chi connectivity index (χ1v) is 8.33. The normalized spacial score (nSPS) is 20.1. The molecule has 0 saturated heterocycles. The minimum Gasteiger partial charge on any atom is -0.380 e. The summed E-state index contributed by atoms with van der Waals surface area (Å²) < 4.78 is 6.31. The fourth-order valence-electron chi connectivity index (χ4n) is 2.82. The predicted octanol–water partition coefficient (Wildman–Crippen LogP) is 1.89. The number of benzene rings is 1. The average molecular weight is 380 g/mol. The van der Waals surface area contributed by atoms with Crippen LogP contribution in [0.15, 0.2) is 27.2 Å². The van der Waals surface area contributed by atoms with Crippen molar-refractivity contribution in [2.45, 2.75) is 38.2 Å². The topological polar surface area (TPSA) is 88.2 Å². The van der Waals surface area contributed by atoms with Gasteiger partial charge in [0.15, 0.2) is 5.82 Å². The lowest BCUT2D eigenvalue weighted by atomic mass is 9.80. The number of aryl methyl sites for hydroxylation is 1. The van der Waals surface area contributed by atoms with Crippen molar-refractivity contribution in [1.29, 1.82) is 0 Å². The molecule has 1 aliphatic rings. The number of halogens is 1. The van der Waals surface area contributed by atoms with E-state index in [9.17, 15) is 9.90 Å². The number of aromatic nitrogens is 2. The molecule has 0 fully saturated rings. The van der Waals surface area contributed by atoms with Crippen molar-refractivity contribution in [3.8, 4) is 0 Å². The van der Waals surface area contributed by atoms with Gasteiger partial charge in [-0.2, -0.15) is 4.98 Å². The van der Waals surface area contributed by atoms with Gasteiger partial charge in [-0.1, -0.05) is 27.2 Å². The molecule has 23 heavy (non-hydrogen) atoms. The van der Waals surface area contributed by atoms with Crippen LogP contribution in [0, 0.1) is 0 Å². The summed E-state index contributed by atoms with van der Waals surface area (Å²) in [4.78, 5) is 15.2. The Labute approximate surface area is 142 Å². The molecular weight excluding hydrogens is 362 g/mol. The van der Waals surface area contributed by atoms with E-state index in [2.05, 4.69) is 37.5 Å². The van der Waals surface area contributed by atoms with Gasteiger partial charge in [0.25, 0.3) is 5.89 Å². The standard InChI is InChI=1S/C16H18BrN3O3/c1-10(21)18-7-5-14-19-15(23-20-14)16(22)6-4-11-8-13(17)3-2-12(11)9-16/h2-3,8,22H,4-7,9H2,1H3,(H,18,21). The lowest BCUT2D eigenvalue weighted by Crippen LogP contribution is -2.33. The first kappa shape index (κ1) is 16.1. The second-order valence-corrected chi connectivity index (χ2v) is 6.79. The molecule has 7 heteroatoms. The van der Waals surface area contributed by atoms with Crippen LogP contribution in [0.1, 0.15) is 36.2 Å². The number of nitrogens with one attached hydrogen (secondary N) is 1. The fourth-order valence-corrected chi connectivity index (χ4v) is 3.23. The van der Waals surface area contributed by atoms with Gasteiger partial charge in [-0.15, -0.1) is 0 Å². The number of hydrogen-bond acceptors (Lipinski definition) is 5. The molecule has 0 bridgehead atoms. The monoisotopic (exact) mass is 379 g/mol. The maximum Gasteiger partial charge on any atom is 0.258 e. The predicted molar refractivity (Wildman–Crippen MR) is 86.7 cm³/mol. The third kappa shape index (κ3) is 3.61. The summed E-state index contributed by atoms with van der Waals surface area (Å²) in [6.45, 7) is 1.91. The summed E-state index contributed by atoms with van der Waals surface area (Å²) in [5.74, 6) is 0.648. The lowest BCUT2D eigenvalue weighted by Gasteiger charge is -2.30. The molecule has 1 aliphatic carbocycles. The van der Waals surface area contributed by atoms with Gasteiger partial charge in [0.1, 0.15) is 5.60 Å². The van der Waals surface area contributed by atoms with Crippen molar-refractivity contribution in [3.05, 3.63) is 45.5 Å². The summed E-state index contributed by atoms with van der Waals surface area (Å²) in [5, 5.41) is 17.5. The van der Waals surface area contributed by atoms with Crippen LogP contribution < -0.4 is 5.32 Å². The largest absolute Gasteiger partial charge is 0.380 e. The smallest absolute Gasteiger partial charge is 0.258 e. The molecule has 1 aromatic carbocycles. The molecule has 6 nitrogen and oxygen atoms in total. The van der Waals surface area contributed by atoms with E-state index in [1.54, 1.807) is 0 Å². The van der Waals surface area contributed by atoms with Crippen LogP contribution in [0.3, 0.4) is 0 Å². The zero-order valence-electron chi connectivity index (χ0n) is 12.8. The van der Waals surface area contributed by atoms with Gasteiger partial charge < -0.3 is 14.9 Å². The number of hydrogen-bond donors (Lipinski definition) is 2. The Morgan fingerprint density at radius 1 is 1.48 bits per heavy atom. The highest BCUT2D eigenvalue weighted by Crippen LogP contribution is 2.36. The van der Waals surface area contributed by atoms with Crippen LogP contribution in [0.5, 0.6) is 0 Å². The van der Waals surface area contributed by atoms with E-state index in [4.69, 9.17) is 4.52 Å². The highest BCUT2D eigenvalue weighted by atomic mass is 79.9. The van der Waals surface area contributed by atoms with Crippen LogP contribution in [0.2, 0.25) is 0 Å². The van der Waals surface area contributed by atoms with Crippen molar-refractivity contribution >= 4 is 21.8 Å². The van der Waals surface area contributed by atoms with Gasteiger partial charge in [-0.3, -0.25) is 4.79 Å². The third-order valence-electron chi connectivity index (χ3n) is 4.05. The molecule has 2 aromatic rings. The summed E-state index contributed by atoms with van der Waals surface area (Å²) in [5.41, 5.74) is 1.20.